The van der Waals surface area contributed by atoms with E-state index in [-0.39, 0.29) is 0 Å². The van der Waals surface area contributed by atoms with Crippen LogP contribution < -0.4 is 0 Å². The van der Waals surface area contributed by atoms with Gasteiger partial charge in [0.25, 0.3) is 0 Å². The van der Waals surface area contributed by atoms with Crippen LogP contribution in [0.4, 0.5) is 0 Å². The maximum absolute atomic E-state index is 6.22. The zero-order valence-corrected chi connectivity index (χ0v) is 32.5. The third-order valence-corrected chi connectivity index (χ3v) is 9.65. The standard InChI is InChI=1S/C44H82N2O2/c1-4-6-8-10-12-14-16-18-20-22-24-26-28-30-32-34-40-47-42-44(46-38-36-45(3)37-39-46)43-48-41-35-33-31-29-27-25-23-21-19-17-15-13-11-9-7-5-2/h12-15,18-21,44H,4-11,16-17,22-43H2,1-3H3. The van der Waals surface area contributed by atoms with Gasteiger partial charge in [-0.3, -0.25) is 4.90 Å². The van der Waals surface area contributed by atoms with Crippen LogP contribution in [0.25, 0.3) is 0 Å². The van der Waals surface area contributed by atoms with E-state index in [4.69, 9.17) is 9.47 Å². The minimum absolute atomic E-state index is 0.396. The van der Waals surface area contributed by atoms with Crippen LogP contribution in [0.2, 0.25) is 0 Å². The van der Waals surface area contributed by atoms with Crippen molar-refractivity contribution in [3.63, 3.8) is 0 Å². The molecular formula is C44H82N2O2. The SMILES string of the molecule is CCCCCC=CCC=CCCCCCCCCOCC(COCCCCCCCCC=CCC=CCCCCC)N1CCN(C)CC1. The molecule has 0 radical (unpaired) electrons. The number of allylic oxidation sites excluding steroid dienone is 8. The van der Waals surface area contributed by atoms with Gasteiger partial charge in [0.1, 0.15) is 0 Å². The third-order valence-electron chi connectivity index (χ3n) is 9.65. The molecule has 1 fully saturated rings. The largest absolute Gasteiger partial charge is 0.380 e. The molecule has 1 aliphatic heterocycles. The molecule has 0 saturated carbocycles. The number of unbranched alkanes of at least 4 members (excludes halogenated alkanes) is 18. The Morgan fingerprint density at radius 1 is 0.438 bits per heavy atom. The first-order chi connectivity index (χ1) is 23.8. The molecule has 0 unspecified atom stereocenters. The van der Waals surface area contributed by atoms with E-state index in [1.807, 2.05) is 0 Å². The third kappa shape index (κ3) is 30.8. The predicted octanol–water partition coefficient (Wildman–Crippen LogP) is 12.3. The van der Waals surface area contributed by atoms with E-state index < -0.39 is 0 Å². The van der Waals surface area contributed by atoms with Crippen molar-refractivity contribution in [2.24, 2.45) is 0 Å². The number of likely N-dealkylation sites (N-methyl/N-ethyl adjacent to an activating group) is 1. The van der Waals surface area contributed by atoms with Gasteiger partial charge in [0, 0.05) is 39.4 Å². The van der Waals surface area contributed by atoms with E-state index in [9.17, 15) is 0 Å². The molecular weight excluding hydrogens is 588 g/mol. The summed E-state index contributed by atoms with van der Waals surface area (Å²) in [5.74, 6) is 0. The minimum Gasteiger partial charge on any atom is -0.380 e. The van der Waals surface area contributed by atoms with Crippen molar-refractivity contribution in [2.75, 3.05) is 59.7 Å². The molecule has 1 saturated heterocycles. The van der Waals surface area contributed by atoms with Gasteiger partial charge in [-0.05, 0) is 84.1 Å². The fourth-order valence-electron chi connectivity index (χ4n) is 6.27. The lowest BCUT2D eigenvalue weighted by molar-refractivity contribution is -0.0113. The molecule has 4 heteroatoms. The molecule has 0 atom stereocenters. The number of hydrogen-bond donors (Lipinski definition) is 0. The summed E-state index contributed by atoms with van der Waals surface area (Å²) in [6.45, 7) is 12.5. The van der Waals surface area contributed by atoms with Crippen molar-refractivity contribution in [1.29, 1.82) is 0 Å². The van der Waals surface area contributed by atoms with Gasteiger partial charge in [-0.2, -0.15) is 0 Å². The van der Waals surface area contributed by atoms with E-state index in [0.717, 1.165) is 65.4 Å². The zero-order chi connectivity index (χ0) is 34.4. The lowest BCUT2D eigenvalue weighted by Crippen LogP contribution is -2.52. The second-order valence-corrected chi connectivity index (χ2v) is 14.3. The van der Waals surface area contributed by atoms with Crippen LogP contribution >= 0.6 is 0 Å². The van der Waals surface area contributed by atoms with Gasteiger partial charge >= 0.3 is 0 Å². The first-order valence-electron chi connectivity index (χ1n) is 21.0. The molecule has 1 rings (SSSR count). The average Bonchev–Trinajstić information content (AvgIpc) is 3.10. The van der Waals surface area contributed by atoms with Gasteiger partial charge < -0.3 is 14.4 Å². The summed E-state index contributed by atoms with van der Waals surface area (Å²) in [6.07, 6.45) is 49.7. The molecule has 0 aromatic carbocycles. The Morgan fingerprint density at radius 2 is 0.792 bits per heavy atom. The van der Waals surface area contributed by atoms with Gasteiger partial charge in [-0.15, -0.1) is 0 Å². The van der Waals surface area contributed by atoms with Crippen LogP contribution in [0.1, 0.15) is 168 Å². The predicted molar refractivity (Wildman–Crippen MR) is 213 cm³/mol. The summed E-state index contributed by atoms with van der Waals surface area (Å²) < 4.78 is 12.4. The van der Waals surface area contributed by atoms with Crippen molar-refractivity contribution >= 4 is 0 Å². The van der Waals surface area contributed by atoms with Crippen LogP contribution in [-0.2, 0) is 9.47 Å². The van der Waals surface area contributed by atoms with E-state index in [0.29, 0.717) is 6.04 Å². The maximum atomic E-state index is 6.22. The molecule has 0 spiro atoms. The number of ether oxygens (including phenoxy) is 2. The summed E-state index contributed by atoms with van der Waals surface area (Å²) in [5.41, 5.74) is 0. The van der Waals surface area contributed by atoms with E-state index in [1.54, 1.807) is 0 Å². The van der Waals surface area contributed by atoms with Gasteiger partial charge in [0.2, 0.25) is 0 Å². The Labute approximate surface area is 300 Å². The highest BCUT2D eigenvalue weighted by Gasteiger charge is 2.22. The average molecular weight is 671 g/mol. The molecule has 0 aromatic rings. The van der Waals surface area contributed by atoms with Crippen molar-refractivity contribution in [3.05, 3.63) is 48.6 Å². The van der Waals surface area contributed by atoms with Crippen molar-refractivity contribution in [3.8, 4) is 0 Å². The number of piperazine rings is 1. The Bertz CT molecular complexity index is 701. The Kier molecular flexibility index (Phi) is 34.6. The Balaban J connectivity index is 2.01. The first kappa shape index (κ1) is 44.8. The molecule has 1 heterocycles. The number of rotatable bonds is 35. The fourth-order valence-corrected chi connectivity index (χ4v) is 6.27. The maximum Gasteiger partial charge on any atom is 0.0644 e. The summed E-state index contributed by atoms with van der Waals surface area (Å²) in [5, 5.41) is 0. The van der Waals surface area contributed by atoms with Crippen LogP contribution in [-0.4, -0.2) is 75.5 Å². The lowest BCUT2D eigenvalue weighted by atomic mass is 10.1. The molecule has 0 bridgehead atoms. The first-order valence-corrected chi connectivity index (χ1v) is 21.0. The summed E-state index contributed by atoms with van der Waals surface area (Å²) in [7, 11) is 2.23. The second-order valence-electron chi connectivity index (χ2n) is 14.3. The highest BCUT2D eigenvalue weighted by Crippen LogP contribution is 2.12. The van der Waals surface area contributed by atoms with Crippen LogP contribution in [0.5, 0.6) is 0 Å². The molecule has 0 aromatic heterocycles. The molecule has 4 nitrogen and oxygen atoms in total. The summed E-state index contributed by atoms with van der Waals surface area (Å²) in [4.78, 5) is 5.04. The quantitative estimate of drug-likeness (QED) is 0.0495. The van der Waals surface area contributed by atoms with Crippen LogP contribution in [0, 0.1) is 0 Å². The van der Waals surface area contributed by atoms with Crippen LogP contribution in [0.15, 0.2) is 48.6 Å². The Hall–Kier alpha value is -1.20. The molecule has 1 aliphatic rings. The van der Waals surface area contributed by atoms with E-state index in [2.05, 4.69) is 79.3 Å². The topological polar surface area (TPSA) is 24.9 Å². The minimum atomic E-state index is 0.396. The molecule has 280 valence electrons. The normalized spacial score (nSPS) is 15.7. The van der Waals surface area contributed by atoms with E-state index >= 15 is 0 Å². The number of nitrogens with zero attached hydrogens (tertiary/aromatic N) is 2. The van der Waals surface area contributed by atoms with Gasteiger partial charge in [-0.1, -0.05) is 140 Å². The Morgan fingerprint density at radius 3 is 1.19 bits per heavy atom. The number of hydrogen-bond acceptors (Lipinski definition) is 4. The second kappa shape index (κ2) is 37.1. The summed E-state index contributed by atoms with van der Waals surface area (Å²) in [6, 6.07) is 0.396. The van der Waals surface area contributed by atoms with Crippen molar-refractivity contribution in [2.45, 2.75) is 174 Å². The van der Waals surface area contributed by atoms with Gasteiger partial charge in [-0.25, -0.2) is 0 Å². The molecule has 48 heavy (non-hydrogen) atoms. The highest BCUT2D eigenvalue weighted by atomic mass is 16.5. The van der Waals surface area contributed by atoms with E-state index in [1.165, 1.54) is 141 Å². The van der Waals surface area contributed by atoms with Crippen LogP contribution in [0.3, 0.4) is 0 Å². The molecule has 0 N–H and O–H groups in total. The van der Waals surface area contributed by atoms with Crippen molar-refractivity contribution in [1.82, 2.24) is 9.80 Å². The fraction of sp³-hybridized carbons (Fsp3) is 0.818. The highest BCUT2D eigenvalue weighted by molar-refractivity contribution is 4.93. The monoisotopic (exact) mass is 671 g/mol. The zero-order valence-electron chi connectivity index (χ0n) is 32.5. The molecule has 0 amide bonds. The smallest absolute Gasteiger partial charge is 0.0644 e. The summed E-state index contributed by atoms with van der Waals surface area (Å²) >= 11 is 0. The van der Waals surface area contributed by atoms with Crippen molar-refractivity contribution < 1.29 is 9.47 Å². The van der Waals surface area contributed by atoms with Gasteiger partial charge in [0.15, 0.2) is 0 Å². The molecule has 0 aliphatic carbocycles. The lowest BCUT2D eigenvalue weighted by Gasteiger charge is -2.37. The van der Waals surface area contributed by atoms with Gasteiger partial charge in [0.05, 0.1) is 19.3 Å².